The van der Waals surface area contributed by atoms with E-state index in [4.69, 9.17) is 4.43 Å². The van der Waals surface area contributed by atoms with Crippen LogP contribution < -0.4 is 0 Å². The molecule has 0 rings (SSSR count). The molecule has 0 aromatic carbocycles. The highest BCUT2D eigenvalue weighted by atomic mass is 28.4. The maximum Gasteiger partial charge on any atom is 0.244 e. The van der Waals surface area contributed by atoms with Crippen LogP contribution in [0.25, 0.3) is 0 Å². The third kappa shape index (κ3) is 7.80. The second kappa shape index (κ2) is 5.80. The van der Waals surface area contributed by atoms with Crippen LogP contribution >= 0.6 is 0 Å². The van der Waals surface area contributed by atoms with Crippen LogP contribution in [-0.4, -0.2) is 14.5 Å². The Bertz CT molecular complexity index is 249. The molecular weight excluding hydrogens is 190 g/mol. The van der Waals surface area contributed by atoms with Crippen LogP contribution in [0.1, 0.15) is 20.3 Å². The molecule has 0 bridgehead atoms. The molecule has 0 atom stereocenters. The van der Waals surface area contributed by atoms with Gasteiger partial charge in [0.05, 0.1) is 0 Å². The number of allylic oxidation sites excluding steroid dienone is 2. The first kappa shape index (κ1) is 13.2. The lowest BCUT2D eigenvalue weighted by atomic mass is 10.3. The average molecular weight is 211 g/mol. The van der Waals surface area contributed by atoms with Gasteiger partial charge < -0.3 is 4.43 Å². The van der Waals surface area contributed by atoms with Gasteiger partial charge in [-0.25, -0.2) is 4.99 Å². The summed E-state index contributed by atoms with van der Waals surface area (Å²) in [5, 5.41) is 0. The standard InChI is InChI=1S/C11H21NOSi/c1-7-8-10(2)9-12-11(3)13-14(4,5)6/h8-9H,3,7H2,1-2,4-6H3/b10-8+,12-9+. The minimum absolute atomic E-state index is 0.521. The SMILES string of the molecule is C=C(/N=C/C(C)=C/CC)O[Si](C)(C)C. The van der Waals surface area contributed by atoms with E-state index in [1.54, 1.807) is 6.21 Å². The lowest BCUT2D eigenvalue weighted by Crippen LogP contribution is -2.24. The van der Waals surface area contributed by atoms with E-state index in [0.717, 1.165) is 12.0 Å². The van der Waals surface area contributed by atoms with Crippen molar-refractivity contribution in [3.63, 3.8) is 0 Å². The minimum atomic E-state index is -1.54. The van der Waals surface area contributed by atoms with Gasteiger partial charge in [-0.15, -0.1) is 0 Å². The molecular formula is C11H21NOSi. The Hall–Kier alpha value is -0.833. The first-order valence-electron chi connectivity index (χ1n) is 4.94. The fourth-order valence-corrected chi connectivity index (χ4v) is 1.69. The van der Waals surface area contributed by atoms with E-state index in [1.165, 1.54) is 0 Å². The van der Waals surface area contributed by atoms with Crippen LogP contribution in [0.5, 0.6) is 0 Å². The van der Waals surface area contributed by atoms with Crippen LogP contribution in [0, 0.1) is 0 Å². The van der Waals surface area contributed by atoms with E-state index in [0.29, 0.717) is 5.88 Å². The van der Waals surface area contributed by atoms with Gasteiger partial charge in [-0.2, -0.15) is 0 Å². The van der Waals surface area contributed by atoms with Crippen molar-refractivity contribution in [1.29, 1.82) is 0 Å². The molecule has 0 spiro atoms. The normalized spacial score (nSPS) is 13.4. The van der Waals surface area contributed by atoms with Gasteiger partial charge in [0.2, 0.25) is 8.32 Å². The Balaban J connectivity index is 4.13. The molecule has 0 fully saturated rings. The third-order valence-corrected chi connectivity index (χ3v) is 2.21. The van der Waals surface area contributed by atoms with E-state index >= 15 is 0 Å². The summed E-state index contributed by atoms with van der Waals surface area (Å²) in [6.45, 7) is 14.2. The quantitative estimate of drug-likeness (QED) is 0.386. The molecule has 0 aromatic rings. The van der Waals surface area contributed by atoms with E-state index in [9.17, 15) is 0 Å². The third-order valence-electron chi connectivity index (χ3n) is 1.36. The lowest BCUT2D eigenvalue weighted by molar-refractivity contribution is 0.421. The van der Waals surface area contributed by atoms with Crippen LogP contribution in [0.3, 0.4) is 0 Å². The summed E-state index contributed by atoms with van der Waals surface area (Å²) in [6, 6.07) is 0. The summed E-state index contributed by atoms with van der Waals surface area (Å²) in [5.74, 6) is 0.521. The molecule has 0 aromatic heterocycles. The van der Waals surface area contributed by atoms with Gasteiger partial charge in [0.15, 0.2) is 5.88 Å². The molecule has 0 heterocycles. The molecule has 80 valence electrons. The summed E-state index contributed by atoms with van der Waals surface area (Å²) in [7, 11) is -1.54. The molecule has 14 heavy (non-hydrogen) atoms. The summed E-state index contributed by atoms with van der Waals surface area (Å²) in [5.41, 5.74) is 1.15. The van der Waals surface area contributed by atoms with Crippen molar-refractivity contribution in [2.24, 2.45) is 4.99 Å². The Morgan fingerprint density at radius 3 is 2.43 bits per heavy atom. The zero-order valence-electron chi connectivity index (χ0n) is 9.92. The van der Waals surface area contributed by atoms with Crippen LogP contribution in [0.2, 0.25) is 19.6 Å². The van der Waals surface area contributed by atoms with Crippen molar-refractivity contribution < 1.29 is 4.43 Å². The van der Waals surface area contributed by atoms with Crippen LogP contribution in [0.4, 0.5) is 0 Å². The fourth-order valence-electron chi connectivity index (χ4n) is 0.928. The van der Waals surface area contributed by atoms with Gasteiger partial charge in [-0.05, 0) is 45.1 Å². The number of nitrogens with zero attached hydrogens (tertiary/aromatic N) is 1. The second-order valence-corrected chi connectivity index (χ2v) is 8.65. The highest BCUT2D eigenvalue weighted by Crippen LogP contribution is 2.09. The zero-order valence-corrected chi connectivity index (χ0v) is 10.9. The highest BCUT2D eigenvalue weighted by molar-refractivity contribution is 6.70. The highest BCUT2D eigenvalue weighted by Gasteiger charge is 2.15. The zero-order chi connectivity index (χ0) is 11.2. The number of hydrogen-bond donors (Lipinski definition) is 0. The van der Waals surface area contributed by atoms with Gasteiger partial charge in [0.1, 0.15) is 0 Å². The Labute approximate surface area is 88.5 Å². The molecule has 0 saturated carbocycles. The van der Waals surface area contributed by atoms with E-state index in [2.05, 4.69) is 44.2 Å². The average Bonchev–Trinajstić information content (AvgIpc) is 1.98. The Morgan fingerprint density at radius 1 is 1.43 bits per heavy atom. The van der Waals surface area contributed by atoms with Gasteiger partial charge in [-0.3, -0.25) is 0 Å². The number of aliphatic imine (C=N–C) groups is 1. The summed E-state index contributed by atoms with van der Waals surface area (Å²) >= 11 is 0. The maximum absolute atomic E-state index is 5.59. The van der Waals surface area contributed by atoms with Crippen LogP contribution in [-0.2, 0) is 4.43 Å². The van der Waals surface area contributed by atoms with E-state index < -0.39 is 8.32 Å². The Kier molecular flexibility index (Phi) is 5.46. The molecule has 0 aliphatic rings. The van der Waals surface area contributed by atoms with Crippen molar-refractivity contribution in [2.75, 3.05) is 0 Å². The molecule has 2 nitrogen and oxygen atoms in total. The predicted octanol–water partition coefficient (Wildman–Crippen LogP) is 3.74. The summed E-state index contributed by atoms with van der Waals surface area (Å²) < 4.78 is 5.59. The van der Waals surface area contributed by atoms with Gasteiger partial charge in [0, 0.05) is 6.21 Å². The lowest BCUT2D eigenvalue weighted by Gasteiger charge is -2.17. The van der Waals surface area contributed by atoms with E-state index in [1.807, 2.05) is 6.92 Å². The minimum Gasteiger partial charge on any atom is -0.532 e. The van der Waals surface area contributed by atoms with Gasteiger partial charge >= 0.3 is 0 Å². The summed E-state index contributed by atoms with van der Waals surface area (Å²) in [4.78, 5) is 4.15. The van der Waals surface area contributed by atoms with Crippen molar-refractivity contribution >= 4 is 14.5 Å². The monoisotopic (exact) mass is 211 g/mol. The first-order valence-corrected chi connectivity index (χ1v) is 8.34. The predicted molar refractivity (Wildman–Crippen MR) is 66.1 cm³/mol. The number of rotatable bonds is 5. The molecule has 0 aliphatic carbocycles. The molecule has 0 saturated heterocycles. The molecule has 0 unspecified atom stereocenters. The topological polar surface area (TPSA) is 21.6 Å². The van der Waals surface area contributed by atoms with Crippen molar-refractivity contribution in [3.8, 4) is 0 Å². The van der Waals surface area contributed by atoms with E-state index in [-0.39, 0.29) is 0 Å². The molecule has 3 heteroatoms. The van der Waals surface area contributed by atoms with Crippen molar-refractivity contribution in [1.82, 2.24) is 0 Å². The second-order valence-electron chi connectivity index (χ2n) is 4.22. The largest absolute Gasteiger partial charge is 0.532 e. The first-order chi connectivity index (χ1) is 6.35. The maximum atomic E-state index is 5.59. The molecule has 0 amide bonds. The fraction of sp³-hybridized carbons (Fsp3) is 0.545. The molecule has 0 radical (unpaired) electrons. The Morgan fingerprint density at radius 2 is 2.00 bits per heavy atom. The van der Waals surface area contributed by atoms with Crippen molar-refractivity contribution in [2.45, 2.75) is 39.9 Å². The van der Waals surface area contributed by atoms with Crippen molar-refractivity contribution in [3.05, 3.63) is 24.1 Å². The molecule has 0 aliphatic heterocycles. The summed E-state index contributed by atoms with van der Waals surface area (Å²) in [6.07, 6.45) is 4.94. The van der Waals surface area contributed by atoms with Gasteiger partial charge in [-0.1, -0.05) is 13.0 Å². The van der Waals surface area contributed by atoms with Gasteiger partial charge in [0.25, 0.3) is 0 Å². The smallest absolute Gasteiger partial charge is 0.244 e. The molecule has 0 N–H and O–H groups in total. The number of hydrogen-bond acceptors (Lipinski definition) is 2. The van der Waals surface area contributed by atoms with Crippen LogP contribution in [0.15, 0.2) is 29.1 Å².